The van der Waals surface area contributed by atoms with Gasteiger partial charge in [0.25, 0.3) is 0 Å². The Morgan fingerprint density at radius 3 is 2.48 bits per heavy atom. The number of nitrogens with two attached hydrogens (primary N) is 1. The Morgan fingerprint density at radius 1 is 1.10 bits per heavy atom. The van der Waals surface area contributed by atoms with Crippen LogP contribution < -0.4 is 21.1 Å². The quantitative estimate of drug-likeness (QED) is 0.162. The predicted molar refractivity (Wildman–Crippen MR) is 194 cm³/mol. The molecule has 5 rings (SSSR count). The Labute approximate surface area is 310 Å². The molecule has 0 spiro atoms. The van der Waals surface area contributed by atoms with Gasteiger partial charge < -0.3 is 26.0 Å². The number of fused-ring (bicyclic) bond motifs is 1. The zero-order chi connectivity index (χ0) is 38.0. The van der Waals surface area contributed by atoms with E-state index in [4.69, 9.17) is 22.1 Å². The number of sulfonamides is 1. The lowest BCUT2D eigenvalue weighted by atomic mass is 10.0. The molecule has 2 aliphatic heterocycles. The normalized spacial score (nSPS) is 24.7. The van der Waals surface area contributed by atoms with Gasteiger partial charge in [0.2, 0.25) is 27.7 Å². The van der Waals surface area contributed by atoms with Crippen LogP contribution >= 0.6 is 11.6 Å². The third-order valence-corrected chi connectivity index (χ3v) is 12.2. The van der Waals surface area contributed by atoms with Crippen LogP contribution in [-0.4, -0.2) is 83.6 Å². The molecule has 286 valence electrons. The van der Waals surface area contributed by atoms with Gasteiger partial charge in [-0.15, -0.1) is 0 Å². The van der Waals surface area contributed by atoms with Crippen LogP contribution in [0.15, 0.2) is 30.4 Å². The fourth-order valence-corrected chi connectivity index (χ4v) is 8.40. The Bertz CT molecular complexity index is 1710. The number of rotatable bonds is 14. The maximum absolute atomic E-state index is 14.0. The van der Waals surface area contributed by atoms with Crippen molar-refractivity contribution in [1.29, 1.82) is 0 Å². The van der Waals surface area contributed by atoms with E-state index in [0.29, 0.717) is 50.2 Å². The molecule has 5 N–H and O–H groups in total. The summed E-state index contributed by atoms with van der Waals surface area (Å²) in [5.41, 5.74) is 6.32. The van der Waals surface area contributed by atoms with Crippen LogP contribution in [0.4, 0.5) is 9.59 Å². The number of likely N-dealkylation sites (tertiary alicyclic amines) is 1. The minimum atomic E-state index is -3.58. The van der Waals surface area contributed by atoms with Crippen molar-refractivity contribution in [3.8, 4) is 0 Å². The maximum atomic E-state index is 14.0. The lowest BCUT2D eigenvalue weighted by Crippen LogP contribution is -2.56. The highest BCUT2D eigenvalue weighted by atomic mass is 35.5. The van der Waals surface area contributed by atoms with Gasteiger partial charge in [0.05, 0.1) is 17.2 Å². The summed E-state index contributed by atoms with van der Waals surface area (Å²) in [4.78, 5) is 67.9. The summed E-state index contributed by atoms with van der Waals surface area (Å²) in [6.45, 7) is 7.88. The van der Waals surface area contributed by atoms with Gasteiger partial charge in [-0.2, -0.15) is 0 Å². The number of nitrogens with zero attached hydrogens (tertiary/aromatic N) is 2. The van der Waals surface area contributed by atoms with Crippen molar-refractivity contribution >= 4 is 51.5 Å². The van der Waals surface area contributed by atoms with Crippen molar-refractivity contribution in [2.45, 2.75) is 128 Å². The van der Waals surface area contributed by atoms with Crippen LogP contribution in [0.2, 0.25) is 5.02 Å². The third-order valence-electron chi connectivity index (χ3n) is 10.1. The number of unbranched alkanes of at least 4 members (excludes halogenated alkanes) is 3. The van der Waals surface area contributed by atoms with Crippen LogP contribution in [0.25, 0.3) is 0 Å². The van der Waals surface area contributed by atoms with Crippen LogP contribution in [0.3, 0.4) is 0 Å². The molecule has 16 heteroatoms. The molecule has 4 aliphatic rings. The summed E-state index contributed by atoms with van der Waals surface area (Å²) in [6, 6.07) is 2.94. The van der Waals surface area contributed by atoms with Crippen LogP contribution in [0.5, 0.6) is 0 Å². The predicted octanol–water partition coefficient (Wildman–Crippen LogP) is 3.85. The smallest absolute Gasteiger partial charge is 0.410 e. The Morgan fingerprint density at radius 2 is 1.81 bits per heavy atom. The monoisotopic (exact) mass is 762 g/mol. The number of ether oxygens (including phenoxy) is 1. The van der Waals surface area contributed by atoms with Crippen LogP contribution in [0.1, 0.15) is 96.6 Å². The van der Waals surface area contributed by atoms with Gasteiger partial charge in [-0.1, -0.05) is 49.6 Å². The molecule has 6 amide bonds. The molecule has 1 aromatic carbocycles. The number of amides is 6. The minimum Gasteiger partial charge on any atom is -0.444 e. The zero-order valence-corrected chi connectivity index (χ0v) is 31.9. The van der Waals surface area contributed by atoms with Crippen molar-refractivity contribution in [2.75, 3.05) is 6.54 Å². The number of nitrogens with one attached hydrogen (secondary N) is 3. The fraction of sp³-hybridized carbons (Fsp3) is 0.639. The number of carbonyl (C=O) groups is 5. The second-order valence-electron chi connectivity index (χ2n) is 15.8. The van der Waals surface area contributed by atoms with E-state index in [0.717, 1.165) is 30.4 Å². The molecule has 0 aromatic heterocycles. The van der Waals surface area contributed by atoms with Gasteiger partial charge in [0.1, 0.15) is 18.2 Å². The van der Waals surface area contributed by atoms with E-state index in [1.54, 1.807) is 13.0 Å². The van der Waals surface area contributed by atoms with Crippen molar-refractivity contribution < 1.29 is 37.1 Å². The molecule has 1 saturated heterocycles. The average Bonchev–Trinajstić information content (AvgIpc) is 3.92. The van der Waals surface area contributed by atoms with E-state index >= 15 is 0 Å². The Hall–Kier alpha value is -3.85. The lowest BCUT2D eigenvalue weighted by molar-refractivity contribution is -0.139. The standard InChI is InChI=1S/C36H51ClN6O8S/c1-35(2,3)40-33(47)39-28(11-9-7-5-6-8-10-24-18-36(24,4)32(46)41-52(49,50)27-14-15-27)31(45)43-21-26(17-29(43)30(38)44)51-34(48)42-19-22-12-13-25(37)16-23(22)20-42/h8,10,12-13,16,24,26-29H,5-7,9,11,14-15,17-21H2,1-4H3,(H2,38,44)(H,41,46)(H2,39,40,47)/b10-8-/t24-,26-,28+,29+,36+/m1/s1. The highest BCUT2D eigenvalue weighted by molar-refractivity contribution is 7.90. The molecule has 5 atom stereocenters. The Kier molecular flexibility index (Phi) is 11.8. The van der Waals surface area contributed by atoms with E-state index in [2.05, 4.69) is 15.4 Å². The van der Waals surface area contributed by atoms with Crippen molar-refractivity contribution in [3.05, 3.63) is 46.5 Å². The molecule has 2 heterocycles. The van der Waals surface area contributed by atoms with Gasteiger partial charge in [-0.25, -0.2) is 18.0 Å². The summed E-state index contributed by atoms with van der Waals surface area (Å²) in [5.74, 6) is -1.68. The SMILES string of the molecule is CC(C)(C)NC(=O)N[C@@H](CCCCC/C=C\[C@@H]1C[C@]1(C)C(=O)NS(=O)(=O)C1CC1)C(=O)N1C[C@H](OC(=O)N2Cc3ccc(Cl)cc3C2)C[C@H]1C(N)=O. The topological polar surface area (TPSA) is 197 Å². The van der Waals surface area contributed by atoms with Crippen LogP contribution in [0, 0.1) is 11.3 Å². The van der Waals surface area contributed by atoms with Gasteiger partial charge in [0.15, 0.2) is 0 Å². The molecule has 3 fully saturated rings. The van der Waals surface area contributed by atoms with E-state index in [1.807, 2.05) is 45.1 Å². The van der Waals surface area contributed by atoms with Gasteiger partial charge in [0, 0.05) is 30.1 Å². The number of benzene rings is 1. The van der Waals surface area contributed by atoms with Gasteiger partial charge >= 0.3 is 12.1 Å². The number of hydrogen-bond donors (Lipinski definition) is 4. The van der Waals surface area contributed by atoms with Crippen LogP contribution in [-0.2, 0) is 42.2 Å². The first kappa shape index (κ1) is 39.4. The number of hydrogen-bond acceptors (Lipinski definition) is 8. The second kappa shape index (κ2) is 15.6. The van der Waals surface area contributed by atoms with Crippen molar-refractivity contribution in [1.82, 2.24) is 25.2 Å². The number of carbonyl (C=O) groups excluding carboxylic acids is 5. The van der Waals surface area contributed by atoms with E-state index in [1.165, 1.54) is 9.80 Å². The Balaban J connectivity index is 1.12. The highest BCUT2D eigenvalue weighted by Gasteiger charge is 2.56. The number of urea groups is 1. The first-order chi connectivity index (χ1) is 24.4. The molecule has 0 unspecified atom stereocenters. The molecule has 2 aliphatic carbocycles. The van der Waals surface area contributed by atoms with Crippen molar-refractivity contribution in [2.24, 2.45) is 17.1 Å². The molecule has 2 saturated carbocycles. The van der Waals surface area contributed by atoms with Gasteiger partial charge in [-0.05, 0) is 88.5 Å². The molecule has 52 heavy (non-hydrogen) atoms. The summed E-state index contributed by atoms with van der Waals surface area (Å²) >= 11 is 6.11. The number of halogens is 1. The first-order valence-corrected chi connectivity index (χ1v) is 19.9. The summed E-state index contributed by atoms with van der Waals surface area (Å²) in [5, 5.41) is 5.71. The fourth-order valence-electron chi connectivity index (χ4n) is 6.79. The molecule has 1 aromatic rings. The molecule has 0 radical (unpaired) electrons. The lowest BCUT2D eigenvalue weighted by Gasteiger charge is -2.29. The third kappa shape index (κ3) is 9.97. The summed E-state index contributed by atoms with van der Waals surface area (Å²) in [6.07, 6.45) is 7.59. The number of allylic oxidation sites excluding steroid dienone is 2. The van der Waals surface area contributed by atoms with E-state index in [9.17, 15) is 32.4 Å². The number of primary amides is 1. The molecular weight excluding hydrogens is 712 g/mol. The minimum absolute atomic E-state index is 0.0260. The second-order valence-corrected chi connectivity index (χ2v) is 18.2. The van der Waals surface area contributed by atoms with E-state index in [-0.39, 0.29) is 18.9 Å². The molecule has 0 bridgehead atoms. The summed E-state index contributed by atoms with van der Waals surface area (Å²) in [7, 11) is -3.58. The largest absolute Gasteiger partial charge is 0.444 e. The first-order valence-electron chi connectivity index (χ1n) is 18.0. The highest BCUT2D eigenvalue weighted by Crippen LogP contribution is 2.53. The molecular formula is C36H51ClN6O8S. The van der Waals surface area contributed by atoms with Crippen molar-refractivity contribution in [3.63, 3.8) is 0 Å². The average molecular weight is 763 g/mol. The summed E-state index contributed by atoms with van der Waals surface area (Å²) < 4.78 is 32.4. The molecule has 14 nitrogen and oxygen atoms in total. The van der Waals surface area contributed by atoms with E-state index < -0.39 is 74.3 Å². The zero-order valence-electron chi connectivity index (χ0n) is 30.3. The van der Waals surface area contributed by atoms with Gasteiger partial charge in [-0.3, -0.25) is 24.0 Å². The maximum Gasteiger partial charge on any atom is 0.410 e.